The first-order valence-electron chi connectivity index (χ1n) is 3.97. The highest BCUT2D eigenvalue weighted by molar-refractivity contribution is 9.10. The van der Waals surface area contributed by atoms with Crippen LogP contribution in [0, 0.1) is 6.92 Å². The summed E-state index contributed by atoms with van der Waals surface area (Å²) in [5.41, 5.74) is 1.78. The molecule has 4 nitrogen and oxygen atoms in total. The van der Waals surface area contributed by atoms with E-state index in [1.54, 1.807) is 6.20 Å². The Morgan fingerprint density at radius 1 is 1.71 bits per heavy atom. The minimum atomic E-state index is -0.327. The Balaban J connectivity index is 2.76. The number of carbonyl (C=O) groups excluding carboxylic acids is 2. The van der Waals surface area contributed by atoms with Crippen molar-refractivity contribution in [3.8, 4) is 0 Å². The van der Waals surface area contributed by atoms with Gasteiger partial charge in [0.15, 0.2) is 0 Å². The van der Waals surface area contributed by atoms with Crippen molar-refractivity contribution in [1.29, 1.82) is 0 Å². The highest BCUT2D eigenvalue weighted by atomic mass is 79.9. The zero-order chi connectivity index (χ0) is 10.6. The third kappa shape index (κ3) is 2.92. The Hall–Kier alpha value is -1.23. The predicted molar refractivity (Wildman–Crippen MR) is 54.6 cm³/mol. The van der Waals surface area contributed by atoms with Crippen molar-refractivity contribution in [2.24, 2.45) is 0 Å². The van der Waals surface area contributed by atoms with Crippen LogP contribution in [-0.2, 0) is 16.0 Å². The number of nitrogens with one attached hydrogen (secondary N) is 1. The molecule has 1 N–H and O–H groups in total. The number of rotatable bonds is 3. The van der Waals surface area contributed by atoms with E-state index in [0.717, 1.165) is 15.7 Å². The minimum absolute atomic E-state index is 0.171. The number of carbonyl (C=O) groups is 2. The van der Waals surface area contributed by atoms with Crippen molar-refractivity contribution >= 4 is 28.2 Å². The van der Waals surface area contributed by atoms with Gasteiger partial charge in [-0.1, -0.05) is 0 Å². The van der Waals surface area contributed by atoms with Crippen LogP contribution in [0.25, 0.3) is 0 Å². The average molecular weight is 257 g/mol. The summed E-state index contributed by atoms with van der Waals surface area (Å²) >= 11 is 3.23. The molecule has 14 heavy (non-hydrogen) atoms. The highest BCUT2D eigenvalue weighted by Gasteiger charge is 2.05. The fourth-order valence-electron chi connectivity index (χ4n) is 1.02. The molecule has 0 bridgehead atoms. The number of hydrogen-bond acceptors (Lipinski definition) is 3. The molecule has 0 aliphatic heterocycles. The average Bonchev–Trinajstić information content (AvgIpc) is 2.10. The van der Waals surface area contributed by atoms with Gasteiger partial charge >= 0.3 is 0 Å². The summed E-state index contributed by atoms with van der Waals surface area (Å²) < 4.78 is 0.731. The molecule has 5 heteroatoms. The second kappa shape index (κ2) is 4.85. The number of aryl methyl sites for hydroxylation is 1. The molecule has 0 aliphatic carbocycles. The van der Waals surface area contributed by atoms with Crippen LogP contribution in [0.5, 0.6) is 0 Å². The molecule has 0 fully saturated rings. The SMILES string of the molecule is Cc1cc(Br)ncc1CC(=O)NC=O. The van der Waals surface area contributed by atoms with E-state index in [1.807, 2.05) is 13.0 Å². The summed E-state index contributed by atoms with van der Waals surface area (Å²) in [7, 11) is 0. The molecule has 1 aromatic heterocycles. The van der Waals surface area contributed by atoms with Gasteiger partial charge in [-0.2, -0.15) is 0 Å². The number of pyridine rings is 1. The van der Waals surface area contributed by atoms with Crippen molar-refractivity contribution in [2.45, 2.75) is 13.3 Å². The van der Waals surface area contributed by atoms with Crippen LogP contribution in [-0.4, -0.2) is 17.3 Å². The molecule has 1 aromatic rings. The summed E-state index contributed by atoms with van der Waals surface area (Å²) in [6.45, 7) is 1.88. The van der Waals surface area contributed by atoms with Crippen molar-refractivity contribution in [3.05, 3.63) is 28.0 Å². The highest BCUT2D eigenvalue weighted by Crippen LogP contribution is 2.12. The van der Waals surface area contributed by atoms with E-state index in [0.29, 0.717) is 6.41 Å². The van der Waals surface area contributed by atoms with Crippen molar-refractivity contribution in [2.75, 3.05) is 0 Å². The van der Waals surface area contributed by atoms with E-state index >= 15 is 0 Å². The third-order valence-electron chi connectivity index (χ3n) is 1.76. The number of halogens is 1. The quantitative estimate of drug-likeness (QED) is 0.648. The van der Waals surface area contributed by atoms with Crippen molar-refractivity contribution in [1.82, 2.24) is 10.3 Å². The van der Waals surface area contributed by atoms with E-state index in [2.05, 4.69) is 26.2 Å². The topological polar surface area (TPSA) is 59.1 Å². The van der Waals surface area contributed by atoms with Crippen LogP contribution in [0.2, 0.25) is 0 Å². The summed E-state index contributed by atoms with van der Waals surface area (Å²) in [6.07, 6.45) is 2.17. The van der Waals surface area contributed by atoms with E-state index in [1.165, 1.54) is 0 Å². The lowest BCUT2D eigenvalue weighted by atomic mass is 10.1. The number of imide groups is 1. The molecular formula is C9H9BrN2O2. The molecular weight excluding hydrogens is 248 g/mol. The van der Waals surface area contributed by atoms with E-state index in [-0.39, 0.29) is 12.3 Å². The zero-order valence-corrected chi connectivity index (χ0v) is 9.17. The molecule has 2 amide bonds. The minimum Gasteiger partial charge on any atom is -0.299 e. The van der Waals surface area contributed by atoms with Gasteiger partial charge < -0.3 is 0 Å². The predicted octanol–water partition coefficient (Wildman–Crippen LogP) is 0.968. The van der Waals surface area contributed by atoms with Crippen LogP contribution in [0.4, 0.5) is 0 Å². The summed E-state index contributed by atoms with van der Waals surface area (Å²) in [5, 5.41) is 2.08. The van der Waals surface area contributed by atoms with Gasteiger partial charge in [-0.05, 0) is 40.0 Å². The van der Waals surface area contributed by atoms with Crippen LogP contribution in [0.3, 0.4) is 0 Å². The first-order valence-corrected chi connectivity index (χ1v) is 4.77. The van der Waals surface area contributed by atoms with Gasteiger partial charge in [0.2, 0.25) is 12.3 Å². The normalized spacial score (nSPS) is 9.57. The molecule has 0 atom stereocenters. The standard InChI is InChI=1S/C9H9BrN2O2/c1-6-2-8(10)11-4-7(6)3-9(14)12-5-13/h2,4-5H,3H2,1H3,(H,12,13,14). The van der Waals surface area contributed by atoms with Gasteiger partial charge in [0, 0.05) is 6.20 Å². The molecule has 0 aliphatic rings. The molecule has 1 heterocycles. The summed E-state index contributed by atoms with van der Waals surface area (Å²) in [4.78, 5) is 25.1. The Morgan fingerprint density at radius 3 is 3.00 bits per heavy atom. The van der Waals surface area contributed by atoms with Crippen LogP contribution >= 0.6 is 15.9 Å². The maximum Gasteiger partial charge on any atom is 0.230 e. The molecule has 74 valence electrons. The molecule has 0 saturated carbocycles. The van der Waals surface area contributed by atoms with Gasteiger partial charge in [0.05, 0.1) is 6.42 Å². The van der Waals surface area contributed by atoms with Crippen molar-refractivity contribution < 1.29 is 9.59 Å². The van der Waals surface area contributed by atoms with E-state index in [9.17, 15) is 9.59 Å². The van der Waals surface area contributed by atoms with E-state index in [4.69, 9.17) is 0 Å². The largest absolute Gasteiger partial charge is 0.299 e. The first-order chi connectivity index (χ1) is 6.63. The van der Waals surface area contributed by atoms with Crippen LogP contribution in [0.15, 0.2) is 16.9 Å². The number of hydrogen-bond donors (Lipinski definition) is 1. The van der Waals surface area contributed by atoms with Gasteiger partial charge in [-0.3, -0.25) is 14.9 Å². The number of amides is 2. The molecule has 0 unspecified atom stereocenters. The molecule has 1 rings (SSSR count). The lowest BCUT2D eigenvalue weighted by Gasteiger charge is -2.03. The second-order valence-corrected chi connectivity index (χ2v) is 3.61. The Bertz CT molecular complexity index is 366. The summed E-state index contributed by atoms with van der Waals surface area (Å²) in [6, 6.07) is 1.82. The Kier molecular flexibility index (Phi) is 3.76. The number of aromatic nitrogens is 1. The Morgan fingerprint density at radius 2 is 2.43 bits per heavy atom. The monoisotopic (exact) mass is 256 g/mol. The van der Waals surface area contributed by atoms with Crippen molar-refractivity contribution in [3.63, 3.8) is 0 Å². The molecule has 0 aromatic carbocycles. The van der Waals surface area contributed by atoms with Gasteiger partial charge in [0.1, 0.15) is 4.60 Å². The lowest BCUT2D eigenvalue weighted by molar-refractivity contribution is -0.124. The van der Waals surface area contributed by atoms with Gasteiger partial charge in [-0.25, -0.2) is 4.98 Å². The second-order valence-electron chi connectivity index (χ2n) is 2.80. The van der Waals surface area contributed by atoms with Gasteiger partial charge in [-0.15, -0.1) is 0 Å². The van der Waals surface area contributed by atoms with Gasteiger partial charge in [0.25, 0.3) is 0 Å². The first kappa shape index (κ1) is 10.8. The number of nitrogens with zero attached hydrogens (tertiary/aromatic N) is 1. The fraction of sp³-hybridized carbons (Fsp3) is 0.222. The maximum atomic E-state index is 11.1. The maximum absolute atomic E-state index is 11.1. The zero-order valence-electron chi connectivity index (χ0n) is 7.58. The molecule has 0 saturated heterocycles. The third-order valence-corrected chi connectivity index (χ3v) is 2.19. The smallest absolute Gasteiger partial charge is 0.230 e. The van der Waals surface area contributed by atoms with Crippen LogP contribution < -0.4 is 5.32 Å². The van der Waals surface area contributed by atoms with Crippen LogP contribution in [0.1, 0.15) is 11.1 Å². The summed E-state index contributed by atoms with van der Waals surface area (Å²) in [5.74, 6) is -0.327. The fourth-order valence-corrected chi connectivity index (χ4v) is 1.47. The molecule has 0 spiro atoms. The van der Waals surface area contributed by atoms with E-state index < -0.39 is 0 Å². The Labute approximate surface area is 89.9 Å². The lowest BCUT2D eigenvalue weighted by Crippen LogP contribution is -2.23. The molecule has 0 radical (unpaired) electrons.